The zero-order valence-electron chi connectivity index (χ0n) is 9.44. The third-order valence-corrected chi connectivity index (χ3v) is 4.66. The van der Waals surface area contributed by atoms with Crippen molar-refractivity contribution in [3.05, 3.63) is 11.6 Å². The van der Waals surface area contributed by atoms with E-state index in [4.69, 9.17) is 0 Å². The standard InChI is InChI=1S/C13H16O3/c1-16-12(14)6-11-9-5-10(13(11)15)8-4-2-3-7(8)9/h6-10H,2-5H2,1H3/b11-6+/t7-,8+,9+,10-/m1/s1. The van der Waals surface area contributed by atoms with E-state index >= 15 is 0 Å². The summed E-state index contributed by atoms with van der Waals surface area (Å²) in [6, 6.07) is 0. The van der Waals surface area contributed by atoms with Crippen molar-refractivity contribution in [2.45, 2.75) is 25.7 Å². The molecule has 16 heavy (non-hydrogen) atoms. The molecule has 3 rings (SSSR count). The van der Waals surface area contributed by atoms with E-state index in [2.05, 4.69) is 4.74 Å². The SMILES string of the molecule is COC(=O)/C=C1/C(=O)[C@@H]2C[C@H]1[C@@H]1CCC[C@@H]12. The number of rotatable bonds is 1. The highest BCUT2D eigenvalue weighted by atomic mass is 16.5. The Morgan fingerprint density at radius 3 is 2.69 bits per heavy atom. The first-order chi connectivity index (χ1) is 7.72. The smallest absolute Gasteiger partial charge is 0.330 e. The van der Waals surface area contributed by atoms with E-state index in [1.165, 1.54) is 32.4 Å². The Hall–Kier alpha value is -1.12. The lowest BCUT2D eigenvalue weighted by atomic mass is 9.78. The minimum absolute atomic E-state index is 0.216. The zero-order valence-corrected chi connectivity index (χ0v) is 9.44. The van der Waals surface area contributed by atoms with Gasteiger partial charge in [-0.15, -0.1) is 0 Å². The quantitative estimate of drug-likeness (QED) is 0.499. The number of esters is 1. The summed E-state index contributed by atoms with van der Waals surface area (Å²) in [4.78, 5) is 23.3. The van der Waals surface area contributed by atoms with Crippen LogP contribution in [0.4, 0.5) is 0 Å². The van der Waals surface area contributed by atoms with Crippen LogP contribution in [0.15, 0.2) is 11.6 Å². The molecule has 3 aliphatic carbocycles. The second-order valence-corrected chi connectivity index (χ2v) is 5.19. The van der Waals surface area contributed by atoms with Gasteiger partial charge in [-0.25, -0.2) is 4.79 Å². The number of fused-ring (bicyclic) bond motifs is 5. The van der Waals surface area contributed by atoms with Crippen LogP contribution in [0.3, 0.4) is 0 Å². The van der Waals surface area contributed by atoms with Gasteiger partial charge in [0.1, 0.15) is 0 Å². The Kier molecular flexibility index (Phi) is 2.16. The summed E-state index contributed by atoms with van der Waals surface area (Å²) in [5.41, 5.74) is 0.750. The number of hydrogen-bond acceptors (Lipinski definition) is 3. The molecular weight excluding hydrogens is 204 g/mol. The molecule has 0 radical (unpaired) electrons. The van der Waals surface area contributed by atoms with Crippen LogP contribution in [0, 0.1) is 23.7 Å². The van der Waals surface area contributed by atoms with E-state index in [0.717, 1.165) is 12.0 Å². The first kappa shape index (κ1) is 10.1. The van der Waals surface area contributed by atoms with Gasteiger partial charge >= 0.3 is 5.97 Å². The van der Waals surface area contributed by atoms with E-state index in [1.807, 2.05) is 0 Å². The number of Topliss-reactive ketones (excluding diaryl/α,β-unsaturated/α-hetero) is 1. The summed E-state index contributed by atoms with van der Waals surface area (Å²) in [5.74, 6) is 1.69. The normalized spacial score (nSPS) is 42.8. The predicted molar refractivity (Wildman–Crippen MR) is 57.5 cm³/mol. The van der Waals surface area contributed by atoms with Crippen LogP contribution >= 0.6 is 0 Å². The van der Waals surface area contributed by atoms with Crippen LogP contribution in [0.1, 0.15) is 25.7 Å². The molecule has 2 bridgehead atoms. The zero-order chi connectivity index (χ0) is 11.3. The van der Waals surface area contributed by atoms with Crippen molar-refractivity contribution in [3.8, 4) is 0 Å². The Morgan fingerprint density at radius 2 is 2.00 bits per heavy atom. The molecular formula is C13H16O3. The molecule has 0 amide bonds. The highest BCUT2D eigenvalue weighted by Crippen LogP contribution is 2.59. The highest BCUT2D eigenvalue weighted by Gasteiger charge is 2.56. The van der Waals surface area contributed by atoms with Crippen LogP contribution in [-0.2, 0) is 14.3 Å². The number of carbonyl (C=O) groups is 2. The average molecular weight is 220 g/mol. The number of ketones is 1. The molecule has 3 saturated carbocycles. The Bertz CT molecular complexity index is 383. The van der Waals surface area contributed by atoms with Gasteiger partial charge in [-0.2, -0.15) is 0 Å². The lowest BCUT2D eigenvalue weighted by Crippen LogP contribution is -2.27. The van der Waals surface area contributed by atoms with Crippen LogP contribution < -0.4 is 0 Å². The first-order valence-corrected chi connectivity index (χ1v) is 6.06. The summed E-state index contributed by atoms with van der Waals surface area (Å²) < 4.78 is 4.61. The van der Waals surface area contributed by atoms with Gasteiger partial charge in [0.2, 0.25) is 0 Å². The van der Waals surface area contributed by atoms with Gasteiger partial charge in [-0.1, -0.05) is 6.42 Å². The van der Waals surface area contributed by atoms with Crippen LogP contribution in [0.2, 0.25) is 0 Å². The molecule has 86 valence electrons. The molecule has 0 aromatic rings. The molecule has 0 N–H and O–H groups in total. The number of methoxy groups -OCH3 is 1. The maximum atomic E-state index is 12.1. The molecule has 0 aromatic heterocycles. The van der Waals surface area contributed by atoms with E-state index in [0.29, 0.717) is 17.8 Å². The molecule has 4 atom stereocenters. The van der Waals surface area contributed by atoms with Crippen molar-refractivity contribution in [1.82, 2.24) is 0 Å². The Balaban J connectivity index is 1.91. The molecule has 0 unspecified atom stereocenters. The summed E-state index contributed by atoms with van der Waals surface area (Å²) >= 11 is 0. The van der Waals surface area contributed by atoms with Crippen molar-refractivity contribution in [3.63, 3.8) is 0 Å². The summed E-state index contributed by atoms with van der Waals surface area (Å²) in [7, 11) is 1.36. The molecule has 3 heteroatoms. The van der Waals surface area contributed by atoms with Crippen molar-refractivity contribution in [1.29, 1.82) is 0 Å². The molecule has 3 nitrogen and oxygen atoms in total. The third-order valence-electron chi connectivity index (χ3n) is 4.66. The maximum absolute atomic E-state index is 12.1. The van der Waals surface area contributed by atoms with Crippen LogP contribution in [0.25, 0.3) is 0 Å². The summed E-state index contributed by atoms with van der Waals surface area (Å²) in [6.45, 7) is 0. The van der Waals surface area contributed by atoms with E-state index in [9.17, 15) is 9.59 Å². The van der Waals surface area contributed by atoms with Gasteiger partial charge in [0.15, 0.2) is 5.78 Å². The van der Waals surface area contributed by atoms with Gasteiger partial charge in [0.05, 0.1) is 7.11 Å². The largest absolute Gasteiger partial charge is 0.466 e. The number of carbonyl (C=O) groups excluding carboxylic acids is 2. The van der Waals surface area contributed by atoms with Gasteiger partial charge in [-0.3, -0.25) is 4.79 Å². The lowest BCUT2D eigenvalue weighted by Gasteiger charge is -2.25. The van der Waals surface area contributed by atoms with Gasteiger partial charge in [0.25, 0.3) is 0 Å². The van der Waals surface area contributed by atoms with Crippen molar-refractivity contribution >= 4 is 11.8 Å². The van der Waals surface area contributed by atoms with Gasteiger partial charge in [0, 0.05) is 17.6 Å². The van der Waals surface area contributed by atoms with Crippen molar-refractivity contribution in [2.75, 3.05) is 7.11 Å². The van der Waals surface area contributed by atoms with Gasteiger partial charge < -0.3 is 4.74 Å². The van der Waals surface area contributed by atoms with Crippen LogP contribution in [0.5, 0.6) is 0 Å². The fourth-order valence-electron chi connectivity index (χ4n) is 4.06. The average Bonchev–Trinajstić information content (AvgIpc) is 2.91. The lowest BCUT2D eigenvalue weighted by molar-refractivity contribution is -0.135. The fourth-order valence-corrected chi connectivity index (χ4v) is 4.06. The predicted octanol–water partition coefficient (Wildman–Crippen LogP) is 1.72. The topological polar surface area (TPSA) is 43.4 Å². The van der Waals surface area contributed by atoms with E-state index < -0.39 is 0 Å². The molecule has 0 heterocycles. The maximum Gasteiger partial charge on any atom is 0.330 e. The highest BCUT2D eigenvalue weighted by molar-refractivity contribution is 6.05. The monoisotopic (exact) mass is 220 g/mol. The number of hydrogen-bond donors (Lipinski definition) is 0. The molecule has 3 aliphatic rings. The fraction of sp³-hybridized carbons (Fsp3) is 0.692. The van der Waals surface area contributed by atoms with E-state index in [1.54, 1.807) is 0 Å². The first-order valence-electron chi connectivity index (χ1n) is 6.06. The van der Waals surface area contributed by atoms with Gasteiger partial charge in [-0.05, 0) is 37.0 Å². The number of allylic oxidation sites excluding steroid dienone is 1. The molecule has 0 spiro atoms. The molecule has 0 aliphatic heterocycles. The second kappa shape index (κ2) is 3.44. The number of ether oxygens (including phenoxy) is 1. The van der Waals surface area contributed by atoms with Crippen molar-refractivity contribution in [2.24, 2.45) is 23.7 Å². The second-order valence-electron chi connectivity index (χ2n) is 5.19. The minimum atomic E-state index is -0.384. The minimum Gasteiger partial charge on any atom is -0.466 e. The Labute approximate surface area is 94.8 Å². The summed E-state index contributed by atoms with van der Waals surface area (Å²) in [6.07, 6.45) is 6.11. The Morgan fingerprint density at radius 1 is 1.31 bits per heavy atom. The van der Waals surface area contributed by atoms with E-state index in [-0.39, 0.29) is 17.7 Å². The molecule has 3 fully saturated rings. The van der Waals surface area contributed by atoms with Crippen molar-refractivity contribution < 1.29 is 14.3 Å². The molecule has 0 saturated heterocycles. The molecule has 0 aromatic carbocycles. The van der Waals surface area contributed by atoms with Crippen LogP contribution in [-0.4, -0.2) is 18.9 Å². The third kappa shape index (κ3) is 1.20. The summed E-state index contributed by atoms with van der Waals surface area (Å²) in [5, 5.41) is 0.